The molecule has 0 spiro atoms. The number of fused-ring (bicyclic) bond motifs is 1. The number of aromatic amines is 1. The van der Waals surface area contributed by atoms with Crippen LogP contribution in [0.5, 0.6) is 0 Å². The molecule has 0 radical (unpaired) electrons. The van der Waals surface area contributed by atoms with Gasteiger partial charge in [-0.1, -0.05) is 44.2 Å². The van der Waals surface area contributed by atoms with Gasteiger partial charge < -0.3 is 9.40 Å². The number of pyridine rings is 1. The van der Waals surface area contributed by atoms with Gasteiger partial charge in [-0.15, -0.1) is 5.10 Å². The van der Waals surface area contributed by atoms with E-state index in [4.69, 9.17) is 4.42 Å². The van der Waals surface area contributed by atoms with Crippen molar-refractivity contribution in [3.05, 3.63) is 75.7 Å². The summed E-state index contributed by atoms with van der Waals surface area (Å²) in [5.74, 6) is 1.74. The van der Waals surface area contributed by atoms with Crippen molar-refractivity contribution in [2.24, 2.45) is 0 Å². The molecule has 1 saturated carbocycles. The second-order valence-corrected chi connectivity index (χ2v) is 9.78. The van der Waals surface area contributed by atoms with Crippen LogP contribution in [0.25, 0.3) is 10.9 Å². The molecule has 0 bridgehead atoms. The van der Waals surface area contributed by atoms with E-state index in [0.29, 0.717) is 19.1 Å². The predicted octanol–water partition coefficient (Wildman–Crippen LogP) is 5.46. The fourth-order valence-corrected chi connectivity index (χ4v) is 5.34. The topological polar surface area (TPSA) is 92.8 Å². The van der Waals surface area contributed by atoms with E-state index in [0.717, 1.165) is 53.7 Å². The summed E-state index contributed by atoms with van der Waals surface area (Å²) < 4.78 is 7.78. The highest BCUT2D eigenvalue weighted by Crippen LogP contribution is 2.33. The van der Waals surface area contributed by atoms with Crippen LogP contribution in [-0.4, -0.2) is 30.1 Å². The van der Waals surface area contributed by atoms with Gasteiger partial charge >= 0.3 is 0 Å². The van der Waals surface area contributed by atoms with Crippen LogP contribution in [0.15, 0.2) is 51.9 Å². The van der Waals surface area contributed by atoms with E-state index in [1.807, 2.05) is 30.3 Å². The molecule has 0 unspecified atom stereocenters. The number of furan rings is 1. The molecule has 3 heterocycles. The summed E-state index contributed by atoms with van der Waals surface area (Å²) >= 11 is 0. The zero-order chi connectivity index (χ0) is 24.2. The van der Waals surface area contributed by atoms with Crippen LogP contribution in [0.3, 0.4) is 0 Å². The van der Waals surface area contributed by atoms with Crippen molar-refractivity contribution in [3.8, 4) is 0 Å². The third kappa shape index (κ3) is 5.22. The summed E-state index contributed by atoms with van der Waals surface area (Å²) in [5, 5.41) is 14.1. The minimum Gasteiger partial charge on any atom is -0.468 e. The number of nitrogens with one attached hydrogen (secondary N) is 1. The van der Waals surface area contributed by atoms with Gasteiger partial charge in [0.25, 0.3) is 5.56 Å². The van der Waals surface area contributed by atoms with Gasteiger partial charge in [0.1, 0.15) is 5.76 Å². The maximum atomic E-state index is 13.1. The molecule has 0 aliphatic heterocycles. The predicted molar refractivity (Wildman–Crippen MR) is 135 cm³/mol. The lowest BCUT2D eigenvalue weighted by Crippen LogP contribution is -2.33. The van der Waals surface area contributed by atoms with Gasteiger partial charge in [-0.05, 0) is 72.3 Å². The first-order valence-corrected chi connectivity index (χ1v) is 12.8. The summed E-state index contributed by atoms with van der Waals surface area (Å²) in [6.45, 7) is 5.29. The highest BCUT2D eigenvalue weighted by molar-refractivity contribution is 5.79. The molecule has 1 aliphatic carbocycles. The molecule has 8 heteroatoms. The maximum Gasteiger partial charge on any atom is 0.252 e. The normalized spacial score (nSPS) is 15.7. The lowest BCUT2D eigenvalue weighted by molar-refractivity contribution is 0.139. The molecule has 1 aromatic carbocycles. The SMILES string of the molecule is CCC[C@H](c1nnnn1C1CCCCC1)N(Cc1ccco1)Cc1cc2cc(C)ccc2[nH]c1=O. The number of tetrazole rings is 1. The lowest BCUT2D eigenvalue weighted by Gasteiger charge is -2.32. The Hall–Kier alpha value is -3.26. The maximum absolute atomic E-state index is 13.1. The van der Waals surface area contributed by atoms with Gasteiger partial charge in [0.2, 0.25) is 0 Å². The Morgan fingerprint density at radius 3 is 2.80 bits per heavy atom. The van der Waals surface area contributed by atoms with Crippen molar-refractivity contribution in [1.82, 2.24) is 30.1 Å². The van der Waals surface area contributed by atoms with Gasteiger partial charge in [-0.2, -0.15) is 0 Å². The van der Waals surface area contributed by atoms with E-state index >= 15 is 0 Å². The molecular weight excluding hydrogens is 440 g/mol. The zero-order valence-corrected chi connectivity index (χ0v) is 20.6. The molecule has 35 heavy (non-hydrogen) atoms. The zero-order valence-electron chi connectivity index (χ0n) is 20.6. The van der Waals surface area contributed by atoms with Crippen molar-refractivity contribution in [2.45, 2.75) is 84.0 Å². The van der Waals surface area contributed by atoms with Crippen molar-refractivity contribution >= 4 is 10.9 Å². The number of benzene rings is 1. The van der Waals surface area contributed by atoms with E-state index in [1.54, 1.807) is 6.26 Å². The monoisotopic (exact) mass is 474 g/mol. The highest BCUT2D eigenvalue weighted by atomic mass is 16.3. The average Bonchev–Trinajstić information content (AvgIpc) is 3.56. The van der Waals surface area contributed by atoms with Crippen LogP contribution >= 0.6 is 0 Å². The highest BCUT2D eigenvalue weighted by Gasteiger charge is 2.30. The van der Waals surface area contributed by atoms with E-state index < -0.39 is 0 Å². The number of hydrogen-bond donors (Lipinski definition) is 1. The summed E-state index contributed by atoms with van der Waals surface area (Å²) in [6, 6.07) is 12.3. The molecule has 5 rings (SSSR count). The quantitative estimate of drug-likeness (QED) is 0.346. The molecule has 4 aromatic rings. The van der Waals surface area contributed by atoms with Gasteiger partial charge in [-0.25, -0.2) is 4.68 Å². The largest absolute Gasteiger partial charge is 0.468 e. The van der Waals surface area contributed by atoms with Gasteiger partial charge in [0.05, 0.1) is 24.9 Å². The van der Waals surface area contributed by atoms with Gasteiger partial charge in [0, 0.05) is 17.6 Å². The fourth-order valence-electron chi connectivity index (χ4n) is 5.34. The summed E-state index contributed by atoms with van der Waals surface area (Å²) in [7, 11) is 0. The molecule has 8 nitrogen and oxygen atoms in total. The first kappa shape index (κ1) is 23.5. The van der Waals surface area contributed by atoms with Gasteiger partial charge in [-0.3, -0.25) is 9.69 Å². The van der Waals surface area contributed by atoms with Crippen molar-refractivity contribution < 1.29 is 4.42 Å². The first-order valence-electron chi connectivity index (χ1n) is 12.8. The van der Waals surface area contributed by atoms with Gasteiger partial charge in [0.15, 0.2) is 5.82 Å². The first-order chi connectivity index (χ1) is 17.1. The molecule has 3 aromatic heterocycles. The van der Waals surface area contributed by atoms with Crippen molar-refractivity contribution in [3.63, 3.8) is 0 Å². The Bertz CT molecular complexity index is 1300. The summed E-state index contributed by atoms with van der Waals surface area (Å²) in [5.41, 5.74) is 2.69. The molecule has 184 valence electrons. The Kier molecular flexibility index (Phi) is 7.08. The summed E-state index contributed by atoms with van der Waals surface area (Å²) in [4.78, 5) is 18.4. The van der Waals surface area contributed by atoms with Crippen LogP contribution in [0, 0.1) is 6.92 Å². The number of rotatable bonds is 9. The third-order valence-corrected chi connectivity index (χ3v) is 7.13. The number of hydrogen-bond acceptors (Lipinski definition) is 6. The molecule has 0 amide bonds. The van der Waals surface area contributed by atoms with E-state index in [-0.39, 0.29) is 11.6 Å². The van der Waals surface area contributed by atoms with Crippen LogP contribution < -0.4 is 5.56 Å². The molecule has 1 N–H and O–H groups in total. The molecule has 0 saturated heterocycles. The van der Waals surface area contributed by atoms with Crippen molar-refractivity contribution in [2.75, 3.05) is 0 Å². The Morgan fingerprint density at radius 1 is 1.17 bits per heavy atom. The Morgan fingerprint density at radius 2 is 2.03 bits per heavy atom. The van der Waals surface area contributed by atoms with Crippen LogP contribution in [0.2, 0.25) is 0 Å². The van der Waals surface area contributed by atoms with E-state index in [2.05, 4.69) is 50.0 Å². The minimum atomic E-state index is -0.0621. The Balaban J connectivity index is 1.53. The van der Waals surface area contributed by atoms with Crippen molar-refractivity contribution in [1.29, 1.82) is 0 Å². The van der Waals surface area contributed by atoms with E-state index in [9.17, 15) is 4.79 Å². The van der Waals surface area contributed by atoms with Crippen LogP contribution in [0.1, 0.15) is 86.7 Å². The van der Waals surface area contributed by atoms with Crippen LogP contribution in [0.4, 0.5) is 0 Å². The number of H-pyrrole nitrogens is 1. The average molecular weight is 475 g/mol. The van der Waals surface area contributed by atoms with E-state index in [1.165, 1.54) is 24.8 Å². The lowest BCUT2D eigenvalue weighted by atomic mass is 9.95. The van der Waals surface area contributed by atoms with Crippen LogP contribution in [-0.2, 0) is 13.1 Å². The standard InChI is InChI=1S/C27H34N6O2/c1-3-8-25(26-29-30-31-33(26)22-9-5-4-6-10-22)32(18-23-11-7-14-35-23)17-21-16-20-15-19(2)12-13-24(20)28-27(21)34/h7,11-16,22,25H,3-6,8-10,17-18H2,1-2H3,(H,28,34)/t25-/m1/s1. The molecular formula is C27H34N6O2. The number of aromatic nitrogens is 5. The summed E-state index contributed by atoms with van der Waals surface area (Å²) in [6.07, 6.45) is 9.48. The smallest absolute Gasteiger partial charge is 0.252 e. The minimum absolute atomic E-state index is 0.0327. The molecule has 1 fully saturated rings. The fraction of sp³-hybridized carbons (Fsp3) is 0.481. The second kappa shape index (κ2) is 10.6. The number of aryl methyl sites for hydroxylation is 1. The second-order valence-electron chi connectivity index (χ2n) is 9.78. The molecule has 1 aliphatic rings. The number of nitrogens with zero attached hydrogens (tertiary/aromatic N) is 5. The Labute approximate surface area is 205 Å². The molecule has 1 atom stereocenters. The third-order valence-electron chi connectivity index (χ3n) is 7.13.